The second kappa shape index (κ2) is 13.6. The molecule has 0 heterocycles. The molecule has 0 aromatic heterocycles. The molecular weight excluding hydrogens is 257 g/mol. The molecule has 0 unspecified atom stereocenters. The van der Waals surface area contributed by atoms with Crippen molar-refractivity contribution in [1.82, 2.24) is 0 Å². The van der Waals surface area contributed by atoms with Crippen molar-refractivity contribution in [3.63, 3.8) is 0 Å². The van der Waals surface area contributed by atoms with E-state index in [-0.39, 0.29) is 92.7 Å². The van der Waals surface area contributed by atoms with Gasteiger partial charge in [0.05, 0.1) is 0 Å². The predicted octanol–water partition coefficient (Wildman–Crippen LogP) is -4.02. The zero-order valence-electron chi connectivity index (χ0n) is 3.40. The Hall–Kier alpha value is 3.00. The van der Waals surface area contributed by atoms with Gasteiger partial charge in [0.15, 0.2) is 0 Å². The maximum atomic E-state index is 7.33. The first-order valence-electron chi connectivity index (χ1n) is 0.894. The molecular formula is H9CaClMgO4SiZn. The summed E-state index contributed by atoms with van der Waals surface area (Å²) in [4.78, 5) is 29.3. The summed E-state index contributed by atoms with van der Waals surface area (Å²) < 4.78 is 0. The molecule has 0 amide bonds. The van der Waals surface area contributed by atoms with Crippen molar-refractivity contribution in [3.8, 4) is 0 Å². The Morgan fingerprint density at radius 3 is 0.889 bits per heavy atom. The van der Waals surface area contributed by atoms with Crippen molar-refractivity contribution in [3.05, 3.63) is 0 Å². The molecule has 50 valence electrons. The second-order valence-corrected chi connectivity index (χ2v) is 1.80. The van der Waals surface area contributed by atoms with Crippen molar-refractivity contribution in [1.29, 1.82) is 0 Å². The van der Waals surface area contributed by atoms with Gasteiger partial charge in [0, 0.05) is 19.5 Å². The minimum Gasteiger partial charge on any atom is 0 e. The van der Waals surface area contributed by atoms with Crippen LogP contribution < -0.4 is 0 Å². The predicted molar refractivity (Wildman–Crippen MR) is 39.0 cm³/mol. The molecule has 0 aliphatic rings. The first-order valence-corrected chi connectivity index (χ1v) is 2.68. The fraction of sp³-hybridized carbons (Fsp3) is 0. The molecule has 0 saturated carbocycles. The fourth-order valence-electron chi connectivity index (χ4n) is 0. The van der Waals surface area contributed by atoms with E-state index in [1.54, 1.807) is 0 Å². The van der Waals surface area contributed by atoms with Gasteiger partial charge in [-0.25, -0.2) is 0 Å². The summed E-state index contributed by atoms with van der Waals surface area (Å²) in [5.41, 5.74) is 0. The van der Waals surface area contributed by atoms with Crippen LogP contribution in [0.2, 0.25) is 0 Å². The zero-order valence-corrected chi connectivity index (χ0v) is 8.19. The Kier molecular flexibility index (Phi) is 44.7. The third-order valence-electron chi connectivity index (χ3n) is 0. The smallest absolute Gasteiger partial charge is 0 e. The Morgan fingerprint density at radius 1 is 0.889 bits per heavy atom. The summed E-state index contributed by atoms with van der Waals surface area (Å²) in [6, 6.07) is 0. The minimum absolute atomic E-state index is 0. The molecule has 9 heteroatoms. The van der Waals surface area contributed by atoms with E-state index >= 15 is 0 Å². The monoisotopic (exact) mass is 264 g/mol. The molecule has 0 aromatic carbocycles. The van der Waals surface area contributed by atoms with E-state index in [9.17, 15) is 0 Å². The van der Waals surface area contributed by atoms with Crippen LogP contribution in [0.5, 0.6) is 0 Å². The number of halogens is 1. The Bertz CT molecular complexity index is 36.0. The van der Waals surface area contributed by atoms with E-state index < -0.39 is 9.05 Å². The summed E-state index contributed by atoms with van der Waals surface area (Å²) in [6.45, 7) is 0. The van der Waals surface area contributed by atoms with Crippen LogP contribution in [-0.4, -0.2) is 89.0 Å². The number of hydrogen-bond donors (Lipinski definition) is 4. The summed E-state index contributed by atoms with van der Waals surface area (Å²) in [6.07, 6.45) is 0. The van der Waals surface area contributed by atoms with E-state index in [0.29, 0.717) is 0 Å². The first-order chi connectivity index (χ1) is 2.00. The van der Waals surface area contributed by atoms with E-state index in [4.69, 9.17) is 19.2 Å². The second-order valence-electron chi connectivity index (χ2n) is 0.600. The van der Waals surface area contributed by atoms with Crippen LogP contribution in [0.25, 0.3) is 0 Å². The molecule has 0 saturated heterocycles. The van der Waals surface area contributed by atoms with Crippen molar-refractivity contribution in [2.75, 3.05) is 0 Å². The topological polar surface area (TPSA) is 80.9 Å². The average molecular weight is 266 g/mol. The summed E-state index contributed by atoms with van der Waals surface area (Å²) in [7, 11) is -4.61. The molecule has 4 N–H and O–H groups in total. The van der Waals surface area contributed by atoms with Gasteiger partial charge in [0.2, 0.25) is 0 Å². The van der Waals surface area contributed by atoms with E-state index in [1.807, 2.05) is 0 Å². The number of rotatable bonds is 0. The van der Waals surface area contributed by atoms with Crippen molar-refractivity contribution >= 4 is 82.2 Å². The maximum Gasteiger partial charge on any atom is 0.316 e. The SMILES string of the molecule is Cl.O[Si](O)(O)O.[CaH2].[MgH2].[Zn]. The van der Waals surface area contributed by atoms with Crippen molar-refractivity contribution in [2.24, 2.45) is 0 Å². The van der Waals surface area contributed by atoms with Crippen LogP contribution in [0.3, 0.4) is 0 Å². The largest absolute Gasteiger partial charge is 0.316 e. The summed E-state index contributed by atoms with van der Waals surface area (Å²) >= 11 is 0. The molecule has 0 aliphatic carbocycles. The molecule has 0 aromatic rings. The van der Waals surface area contributed by atoms with Crippen LogP contribution >= 0.6 is 12.4 Å². The van der Waals surface area contributed by atoms with Crippen LogP contribution in [-0.2, 0) is 19.5 Å². The summed E-state index contributed by atoms with van der Waals surface area (Å²) in [5, 5.41) is 0. The van der Waals surface area contributed by atoms with E-state index in [0.717, 1.165) is 0 Å². The molecule has 0 bridgehead atoms. The maximum absolute atomic E-state index is 7.33. The van der Waals surface area contributed by atoms with Gasteiger partial charge in [-0.15, -0.1) is 12.4 Å². The van der Waals surface area contributed by atoms with Gasteiger partial charge in [-0.3, -0.25) is 0 Å². The van der Waals surface area contributed by atoms with Gasteiger partial charge < -0.3 is 19.2 Å². The Balaban J connectivity index is -0.0000000133. The molecule has 4 nitrogen and oxygen atoms in total. The van der Waals surface area contributed by atoms with Gasteiger partial charge in [-0.05, 0) is 0 Å². The molecule has 0 spiro atoms. The molecule has 0 atom stereocenters. The minimum atomic E-state index is -4.61. The van der Waals surface area contributed by atoms with Gasteiger partial charge in [-0.2, -0.15) is 0 Å². The van der Waals surface area contributed by atoms with Gasteiger partial charge >= 0.3 is 69.8 Å². The van der Waals surface area contributed by atoms with Crippen LogP contribution in [0.1, 0.15) is 0 Å². The molecule has 0 fully saturated rings. The van der Waals surface area contributed by atoms with Crippen LogP contribution in [0.15, 0.2) is 0 Å². The fourth-order valence-corrected chi connectivity index (χ4v) is 0. The average Bonchev–Trinajstić information content (AvgIpc) is 0.722. The normalized spacial score (nSPS) is 6.67. The first kappa shape index (κ1) is 29.6. The Labute approximate surface area is 119 Å². The van der Waals surface area contributed by atoms with E-state index in [2.05, 4.69) is 0 Å². The standard InChI is InChI=1S/Ca.ClH.Mg.H4O4Si.Zn.4H/c;;;1-5(2,3)4;;;;;/h;1H;;1-4H;;;;;. The van der Waals surface area contributed by atoms with Gasteiger partial charge in [-0.1, -0.05) is 0 Å². The summed E-state index contributed by atoms with van der Waals surface area (Å²) in [5.74, 6) is 0. The van der Waals surface area contributed by atoms with Gasteiger partial charge in [0.1, 0.15) is 0 Å². The van der Waals surface area contributed by atoms with Crippen LogP contribution in [0, 0.1) is 0 Å². The van der Waals surface area contributed by atoms with Crippen molar-refractivity contribution < 1.29 is 38.7 Å². The van der Waals surface area contributed by atoms with Crippen molar-refractivity contribution in [2.45, 2.75) is 0 Å². The third kappa shape index (κ3) is 99.1. The third-order valence-corrected chi connectivity index (χ3v) is 0. The van der Waals surface area contributed by atoms with E-state index in [1.165, 1.54) is 0 Å². The Morgan fingerprint density at radius 2 is 0.889 bits per heavy atom. The molecule has 9 heavy (non-hydrogen) atoms. The molecule has 0 radical (unpaired) electrons. The molecule has 0 aliphatic heterocycles. The zero-order chi connectivity index (χ0) is 4.50. The molecule has 0 rings (SSSR count). The van der Waals surface area contributed by atoms with Gasteiger partial charge in [0.25, 0.3) is 0 Å². The quantitative estimate of drug-likeness (QED) is 0.337. The van der Waals surface area contributed by atoms with Crippen LogP contribution in [0.4, 0.5) is 0 Å². The number of hydrogen-bond acceptors (Lipinski definition) is 4.